The second-order valence-corrected chi connectivity index (χ2v) is 6.68. The van der Waals surface area contributed by atoms with E-state index in [1.54, 1.807) is 31.3 Å². The number of carbonyl (C=O) groups is 1. The van der Waals surface area contributed by atoms with Gasteiger partial charge in [-0.1, -0.05) is 13.2 Å². The molecule has 2 aromatic carbocycles. The lowest BCUT2D eigenvalue weighted by Gasteiger charge is -2.14. The summed E-state index contributed by atoms with van der Waals surface area (Å²) in [4.78, 5) is 15.3. The summed E-state index contributed by atoms with van der Waals surface area (Å²) in [6.07, 6.45) is 3.07. The fourth-order valence-corrected chi connectivity index (χ4v) is 3.56. The van der Waals surface area contributed by atoms with E-state index >= 15 is 0 Å². The molecule has 0 aliphatic rings. The van der Waals surface area contributed by atoms with Gasteiger partial charge in [-0.25, -0.2) is 0 Å². The zero-order chi connectivity index (χ0) is 22.0. The molecule has 3 rings (SSSR count). The minimum absolute atomic E-state index is 0.217. The number of ether oxygens (including phenoxy) is 3. The summed E-state index contributed by atoms with van der Waals surface area (Å²) in [5.41, 5.74) is 3.01. The number of rotatable bonds is 8. The van der Waals surface area contributed by atoms with Crippen molar-refractivity contribution in [1.82, 2.24) is 0 Å². The van der Waals surface area contributed by atoms with Crippen LogP contribution in [0.3, 0.4) is 0 Å². The maximum Gasteiger partial charge on any atom is 0.216 e. The summed E-state index contributed by atoms with van der Waals surface area (Å²) >= 11 is 0. The molecule has 0 bridgehead atoms. The predicted molar refractivity (Wildman–Crippen MR) is 118 cm³/mol. The summed E-state index contributed by atoms with van der Waals surface area (Å²) < 4.78 is 22.3. The molecule has 3 aromatic rings. The van der Waals surface area contributed by atoms with Gasteiger partial charge >= 0.3 is 0 Å². The molecule has 30 heavy (non-hydrogen) atoms. The number of hydrogen-bond donors (Lipinski definition) is 0. The normalized spacial score (nSPS) is 10.6. The van der Waals surface area contributed by atoms with Crippen molar-refractivity contribution in [1.29, 1.82) is 0 Å². The van der Waals surface area contributed by atoms with Crippen LogP contribution in [0.5, 0.6) is 17.2 Å². The lowest BCUT2D eigenvalue weighted by atomic mass is 9.98. The van der Waals surface area contributed by atoms with Crippen LogP contribution >= 0.6 is 0 Å². The Bertz CT molecular complexity index is 1130. The van der Waals surface area contributed by atoms with E-state index in [0.717, 1.165) is 11.1 Å². The Labute approximate surface area is 175 Å². The van der Waals surface area contributed by atoms with Crippen LogP contribution in [0.4, 0.5) is 5.88 Å². The second-order valence-electron chi connectivity index (χ2n) is 6.68. The van der Waals surface area contributed by atoms with Gasteiger partial charge in [0.15, 0.2) is 17.3 Å². The van der Waals surface area contributed by atoms with Crippen molar-refractivity contribution >= 4 is 22.6 Å². The molecule has 0 aliphatic carbocycles. The van der Waals surface area contributed by atoms with Crippen LogP contribution in [-0.2, 0) is 0 Å². The molecule has 6 nitrogen and oxygen atoms in total. The molecule has 0 spiro atoms. The first kappa shape index (κ1) is 21.0. The Morgan fingerprint density at radius 2 is 1.67 bits per heavy atom. The molecule has 0 radical (unpaired) electrons. The zero-order valence-electron chi connectivity index (χ0n) is 17.9. The van der Waals surface area contributed by atoms with Gasteiger partial charge in [-0.3, -0.25) is 9.69 Å². The van der Waals surface area contributed by atoms with Crippen LogP contribution in [-0.4, -0.2) is 27.1 Å². The second kappa shape index (κ2) is 8.37. The van der Waals surface area contributed by atoms with Crippen LogP contribution in [0.2, 0.25) is 0 Å². The number of fused-ring (bicyclic) bond motifs is 1. The van der Waals surface area contributed by atoms with Gasteiger partial charge in [0.25, 0.3) is 0 Å². The summed E-state index contributed by atoms with van der Waals surface area (Å²) in [5, 5.41) is 0.675. The summed E-state index contributed by atoms with van der Waals surface area (Å²) in [6, 6.07) is 7.08. The molecule has 0 saturated heterocycles. The van der Waals surface area contributed by atoms with Crippen molar-refractivity contribution in [2.24, 2.45) is 0 Å². The first-order valence-corrected chi connectivity index (χ1v) is 9.32. The van der Waals surface area contributed by atoms with Crippen molar-refractivity contribution in [3.8, 4) is 17.2 Å². The summed E-state index contributed by atoms with van der Waals surface area (Å²) in [7, 11) is 4.70. The van der Waals surface area contributed by atoms with E-state index in [2.05, 4.69) is 13.2 Å². The Morgan fingerprint density at radius 1 is 1.00 bits per heavy atom. The molecule has 0 amide bonds. The molecule has 0 fully saturated rings. The van der Waals surface area contributed by atoms with Crippen molar-refractivity contribution in [2.75, 3.05) is 26.2 Å². The number of carbonyl (C=O) groups excluding carboxylic acids is 1. The van der Waals surface area contributed by atoms with Crippen LogP contribution in [0, 0.1) is 13.8 Å². The largest absolute Gasteiger partial charge is 0.496 e. The first-order valence-electron chi connectivity index (χ1n) is 9.32. The molecule has 6 heteroatoms. The van der Waals surface area contributed by atoms with E-state index in [9.17, 15) is 4.79 Å². The fourth-order valence-electron chi connectivity index (χ4n) is 3.56. The Kier molecular flexibility index (Phi) is 5.87. The lowest BCUT2D eigenvalue weighted by Crippen LogP contribution is -2.11. The number of aryl methyl sites for hydroxylation is 2. The van der Waals surface area contributed by atoms with Gasteiger partial charge in [0.1, 0.15) is 11.3 Å². The monoisotopic (exact) mass is 407 g/mol. The summed E-state index contributed by atoms with van der Waals surface area (Å²) in [6.45, 7) is 11.3. The van der Waals surface area contributed by atoms with Crippen LogP contribution in [0.25, 0.3) is 11.0 Å². The maximum absolute atomic E-state index is 13.7. The van der Waals surface area contributed by atoms with E-state index in [0.29, 0.717) is 45.2 Å². The molecular formula is C24H25NO5. The van der Waals surface area contributed by atoms with Crippen LogP contribution < -0.4 is 19.1 Å². The minimum Gasteiger partial charge on any atom is -0.496 e. The third-order valence-corrected chi connectivity index (χ3v) is 5.04. The Morgan fingerprint density at radius 3 is 2.23 bits per heavy atom. The van der Waals surface area contributed by atoms with Crippen LogP contribution in [0.15, 0.2) is 54.2 Å². The quantitative estimate of drug-likeness (QED) is 0.466. The average molecular weight is 407 g/mol. The van der Waals surface area contributed by atoms with Gasteiger partial charge < -0.3 is 18.6 Å². The first-order chi connectivity index (χ1) is 14.4. The number of furan rings is 1. The third kappa shape index (κ3) is 3.30. The van der Waals surface area contributed by atoms with Crippen molar-refractivity contribution in [3.63, 3.8) is 0 Å². The van der Waals surface area contributed by atoms with Crippen molar-refractivity contribution < 1.29 is 23.4 Å². The Hall–Kier alpha value is -3.67. The number of anilines is 1. The molecule has 0 saturated carbocycles. The highest BCUT2D eigenvalue weighted by atomic mass is 16.5. The standard InChI is InChI=1S/C24H25NO5/c1-8-25(9-2)24-20(17-10-11-18(27-5)15(4)23(17)30-24)21(26)16-12-14(3)22(29-7)19(13-16)28-6/h8-13H,1-2H2,3-7H3. The molecule has 0 unspecified atom stereocenters. The molecular weight excluding hydrogens is 382 g/mol. The highest BCUT2D eigenvalue weighted by molar-refractivity contribution is 6.20. The third-order valence-electron chi connectivity index (χ3n) is 5.04. The van der Waals surface area contributed by atoms with E-state index in [1.807, 2.05) is 26.0 Å². The van der Waals surface area contributed by atoms with E-state index < -0.39 is 0 Å². The van der Waals surface area contributed by atoms with Crippen molar-refractivity contribution in [3.05, 3.63) is 72.1 Å². The molecule has 1 heterocycles. The van der Waals surface area contributed by atoms with E-state index in [-0.39, 0.29) is 5.78 Å². The van der Waals surface area contributed by atoms with Gasteiger partial charge in [0.2, 0.25) is 5.88 Å². The highest BCUT2D eigenvalue weighted by Crippen LogP contribution is 2.40. The van der Waals surface area contributed by atoms with Gasteiger partial charge in [-0.2, -0.15) is 0 Å². The zero-order valence-corrected chi connectivity index (χ0v) is 17.9. The number of benzene rings is 2. The van der Waals surface area contributed by atoms with Crippen molar-refractivity contribution in [2.45, 2.75) is 13.8 Å². The SMILES string of the molecule is C=CN(C=C)c1oc2c(C)c(OC)ccc2c1C(=O)c1cc(C)c(OC)c(OC)c1. The number of hydrogen-bond acceptors (Lipinski definition) is 6. The molecule has 156 valence electrons. The number of methoxy groups -OCH3 is 3. The highest BCUT2D eigenvalue weighted by Gasteiger charge is 2.27. The van der Waals surface area contributed by atoms with Gasteiger partial charge in [-0.15, -0.1) is 0 Å². The minimum atomic E-state index is -0.217. The molecule has 0 atom stereocenters. The number of nitrogens with zero attached hydrogens (tertiary/aromatic N) is 1. The average Bonchev–Trinajstić information content (AvgIpc) is 3.13. The smallest absolute Gasteiger partial charge is 0.216 e. The van der Waals surface area contributed by atoms with E-state index in [1.165, 1.54) is 19.5 Å². The number of ketones is 1. The summed E-state index contributed by atoms with van der Waals surface area (Å²) in [5.74, 6) is 1.87. The molecule has 0 aliphatic heterocycles. The van der Waals surface area contributed by atoms with Gasteiger partial charge in [0.05, 0.1) is 26.9 Å². The lowest BCUT2D eigenvalue weighted by molar-refractivity contribution is 0.103. The maximum atomic E-state index is 13.7. The van der Waals surface area contributed by atoms with E-state index in [4.69, 9.17) is 18.6 Å². The Balaban J connectivity index is 2.31. The van der Waals surface area contributed by atoms with Gasteiger partial charge in [0, 0.05) is 28.9 Å². The predicted octanol–water partition coefficient (Wildman–Crippen LogP) is 5.40. The topological polar surface area (TPSA) is 61.1 Å². The molecule has 1 aromatic heterocycles. The van der Waals surface area contributed by atoms with Crippen LogP contribution in [0.1, 0.15) is 27.0 Å². The molecule has 0 N–H and O–H groups in total. The fraction of sp³-hybridized carbons (Fsp3) is 0.208. The van der Waals surface area contributed by atoms with Gasteiger partial charge in [-0.05, 0) is 43.7 Å².